The van der Waals surface area contributed by atoms with E-state index in [-0.39, 0.29) is 5.75 Å². The van der Waals surface area contributed by atoms with E-state index in [9.17, 15) is 8.42 Å². The monoisotopic (exact) mass is 313 g/mol. The van der Waals surface area contributed by atoms with Crippen molar-refractivity contribution in [1.29, 1.82) is 0 Å². The smallest absolute Gasteiger partial charge is 0.180 e. The minimum Gasteiger partial charge on any atom is -0.278 e. The topological polar surface area (TPSA) is 71.4 Å². The van der Waals surface area contributed by atoms with E-state index in [0.29, 0.717) is 17.0 Å². The summed E-state index contributed by atoms with van der Waals surface area (Å²) in [6.45, 7) is 0. The van der Waals surface area contributed by atoms with Gasteiger partial charge < -0.3 is 0 Å². The highest BCUT2D eigenvalue weighted by Gasteiger charge is 2.26. The van der Waals surface area contributed by atoms with E-state index < -0.39 is 9.84 Å². The van der Waals surface area contributed by atoms with Crippen molar-refractivity contribution in [3.05, 3.63) is 59.9 Å². The molecule has 1 aromatic carbocycles. The molecule has 1 N–H and O–H groups in total. The summed E-state index contributed by atoms with van der Waals surface area (Å²) < 4.78 is 22.4. The second-order valence-electron chi connectivity index (χ2n) is 4.85. The minimum absolute atomic E-state index is 0.222. The van der Waals surface area contributed by atoms with Crippen molar-refractivity contribution in [2.75, 3.05) is 11.2 Å². The van der Waals surface area contributed by atoms with Crippen molar-refractivity contribution in [1.82, 2.24) is 4.98 Å². The van der Waals surface area contributed by atoms with Crippen LogP contribution in [0.4, 0.5) is 5.69 Å². The van der Waals surface area contributed by atoms with Crippen LogP contribution in [0.3, 0.4) is 0 Å². The molecule has 0 unspecified atom stereocenters. The molecular weight excluding hydrogens is 298 g/mol. The van der Waals surface area contributed by atoms with Gasteiger partial charge in [0.2, 0.25) is 0 Å². The quantitative estimate of drug-likeness (QED) is 0.811. The average Bonchev–Trinajstić information content (AvgIpc) is 2.73. The summed E-state index contributed by atoms with van der Waals surface area (Å²) >= 11 is 0. The SMILES string of the molecule is C1=Cc2ccccc2NN=C1.O=S1(=O)CCc2ncccc21. The lowest BCUT2D eigenvalue weighted by Crippen LogP contribution is -1.98. The zero-order chi connectivity index (χ0) is 15.4. The minimum atomic E-state index is -2.97. The largest absolute Gasteiger partial charge is 0.278 e. The van der Waals surface area contributed by atoms with E-state index >= 15 is 0 Å². The fourth-order valence-corrected chi connectivity index (χ4v) is 3.76. The molecule has 2 aliphatic rings. The first-order valence-electron chi connectivity index (χ1n) is 6.88. The Morgan fingerprint density at radius 2 is 1.95 bits per heavy atom. The number of sulfone groups is 1. The number of hydrogen-bond acceptors (Lipinski definition) is 5. The third kappa shape index (κ3) is 3.07. The van der Waals surface area contributed by atoms with Crippen LogP contribution in [0, 0.1) is 0 Å². The fourth-order valence-electron chi connectivity index (χ4n) is 2.28. The summed E-state index contributed by atoms with van der Waals surface area (Å²) in [6.07, 6.45) is 7.87. The Morgan fingerprint density at radius 1 is 1.09 bits per heavy atom. The molecule has 0 spiro atoms. The van der Waals surface area contributed by atoms with Gasteiger partial charge in [0.1, 0.15) is 0 Å². The van der Waals surface area contributed by atoms with E-state index in [1.807, 2.05) is 36.4 Å². The summed E-state index contributed by atoms with van der Waals surface area (Å²) in [5.74, 6) is 0.222. The van der Waals surface area contributed by atoms with Crippen LogP contribution in [-0.4, -0.2) is 25.4 Å². The van der Waals surface area contributed by atoms with E-state index in [1.165, 1.54) is 5.56 Å². The van der Waals surface area contributed by atoms with Crippen LogP contribution in [0.2, 0.25) is 0 Å². The molecule has 0 atom stereocenters. The van der Waals surface area contributed by atoms with Crippen LogP contribution in [0.15, 0.2) is 58.7 Å². The van der Waals surface area contributed by atoms with Gasteiger partial charge in [0.05, 0.1) is 22.0 Å². The zero-order valence-electron chi connectivity index (χ0n) is 11.8. The first-order valence-corrected chi connectivity index (χ1v) is 8.53. The molecule has 6 heteroatoms. The van der Waals surface area contributed by atoms with E-state index in [2.05, 4.69) is 15.5 Å². The van der Waals surface area contributed by atoms with Crippen LogP contribution in [0.5, 0.6) is 0 Å². The maximum atomic E-state index is 11.2. The first kappa shape index (κ1) is 14.5. The van der Waals surface area contributed by atoms with E-state index in [4.69, 9.17) is 0 Å². The Morgan fingerprint density at radius 3 is 2.82 bits per heavy atom. The van der Waals surface area contributed by atoms with E-state index in [0.717, 1.165) is 5.69 Å². The molecular formula is C16H15N3O2S. The van der Waals surface area contributed by atoms with Gasteiger partial charge in [-0.3, -0.25) is 10.4 Å². The van der Waals surface area contributed by atoms with Crippen molar-refractivity contribution in [2.45, 2.75) is 11.3 Å². The Labute approximate surface area is 129 Å². The lowest BCUT2D eigenvalue weighted by Gasteiger charge is -2.00. The Kier molecular flexibility index (Phi) is 4.02. The molecule has 0 fully saturated rings. The number of allylic oxidation sites excluding steroid dienone is 1. The summed E-state index contributed by atoms with van der Waals surface area (Å²) in [5, 5.41) is 3.95. The van der Waals surface area contributed by atoms with Crippen molar-refractivity contribution in [3.63, 3.8) is 0 Å². The zero-order valence-corrected chi connectivity index (χ0v) is 12.6. The Bertz CT molecular complexity index is 842. The third-order valence-electron chi connectivity index (χ3n) is 3.37. The number of aryl methyl sites for hydroxylation is 1. The number of anilines is 1. The standard InChI is InChI=1S/C9H8N2.C7H7NO2S/c1-2-6-9-8(4-1)5-3-7-10-11-9;9-11(10)5-3-6-7(11)2-1-4-8-6/h1-7,11H;1-2,4H,3,5H2. The van der Waals surface area contributed by atoms with Crippen molar-refractivity contribution in [3.8, 4) is 0 Å². The van der Waals surface area contributed by atoms with Gasteiger partial charge in [-0.05, 0) is 29.8 Å². The van der Waals surface area contributed by atoms with Gasteiger partial charge >= 0.3 is 0 Å². The van der Waals surface area contributed by atoms with E-state index in [1.54, 1.807) is 24.5 Å². The number of pyridine rings is 1. The maximum Gasteiger partial charge on any atom is 0.180 e. The third-order valence-corrected chi connectivity index (χ3v) is 5.16. The number of hydrogen-bond donors (Lipinski definition) is 1. The molecule has 1 aromatic heterocycles. The molecule has 2 aliphatic heterocycles. The number of benzene rings is 1. The van der Waals surface area contributed by atoms with Crippen LogP contribution >= 0.6 is 0 Å². The lowest BCUT2D eigenvalue weighted by atomic mass is 10.2. The second-order valence-corrected chi connectivity index (χ2v) is 6.93. The summed E-state index contributed by atoms with van der Waals surface area (Å²) in [6, 6.07) is 11.3. The molecule has 3 heterocycles. The molecule has 0 amide bonds. The first-order chi connectivity index (χ1) is 10.7. The molecule has 112 valence electrons. The van der Waals surface area contributed by atoms with Gasteiger partial charge in [0.15, 0.2) is 9.84 Å². The molecule has 5 nitrogen and oxygen atoms in total. The second kappa shape index (κ2) is 6.11. The molecule has 0 bridgehead atoms. The molecule has 0 radical (unpaired) electrons. The Balaban J connectivity index is 0.000000131. The van der Waals surface area contributed by atoms with Crippen LogP contribution < -0.4 is 5.43 Å². The molecule has 22 heavy (non-hydrogen) atoms. The van der Waals surface area contributed by atoms with Gasteiger partial charge in [0, 0.05) is 18.8 Å². The normalized spacial score (nSPS) is 16.5. The predicted molar refractivity (Wildman–Crippen MR) is 87.6 cm³/mol. The average molecular weight is 313 g/mol. The maximum absolute atomic E-state index is 11.2. The predicted octanol–water partition coefficient (Wildman–Crippen LogP) is 2.52. The van der Waals surface area contributed by atoms with Crippen molar-refractivity contribution in [2.24, 2.45) is 5.10 Å². The lowest BCUT2D eigenvalue weighted by molar-refractivity contribution is 0.600. The molecule has 0 saturated heterocycles. The van der Waals surface area contributed by atoms with Crippen LogP contribution in [0.25, 0.3) is 6.08 Å². The number of nitrogens with one attached hydrogen (secondary N) is 1. The highest BCUT2D eigenvalue weighted by Crippen LogP contribution is 2.22. The number of nitrogens with zero attached hydrogens (tertiary/aromatic N) is 2. The van der Waals surface area contributed by atoms with Crippen LogP contribution in [-0.2, 0) is 16.3 Å². The van der Waals surface area contributed by atoms with Gasteiger partial charge in [-0.1, -0.05) is 24.3 Å². The number of para-hydroxylation sites is 1. The molecule has 2 aromatic rings. The van der Waals surface area contributed by atoms with Crippen LogP contribution in [0.1, 0.15) is 11.3 Å². The summed E-state index contributed by atoms with van der Waals surface area (Å²) in [4.78, 5) is 4.39. The van der Waals surface area contributed by atoms with Crippen molar-refractivity contribution < 1.29 is 8.42 Å². The van der Waals surface area contributed by atoms with Gasteiger partial charge in [-0.2, -0.15) is 5.10 Å². The molecule has 4 rings (SSSR count). The van der Waals surface area contributed by atoms with Gasteiger partial charge in [0.25, 0.3) is 0 Å². The summed E-state index contributed by atoms with van der Waals surface area (Å²) in [5.41, 5.74) is 5.87. The fraction of sp³-hybridized carbons (Fsp3) is 0.125. The number of rotatable bonds is 0. The highest BCUT2D eigenvalue weighted by molar-refractivity contribution is 7.91. The molecule has 0 aliphatic carbocycles. The number of hydrazone groups is 1. The van der Waals surface area contributed by atoms with Gasteiger partial charge in [-0.15, -0.1) is 0 Å². The van der Waals surface area contributed by atoms with Crippen molar-refractivity contribution >= 4 is 27.8 Å². The highest BCUT2D eigenvalue weighted by atomic mass is 32.2. The molecule has 0 saturated carbocycles. The van der Waals surface area contributed by atoms with Gasteiger partial charge in [-0.25, -0.2) is 8.42 Å². The number of aromatic nitrogens is 1. The summed E-state index contributed by atoms with van der Waals surface area (Å²) in [7, 11) is -2.97. The Hall–Kier alpha value is -2.47. The number of fused-ring (bicyclic) bond motifs is 2.